The molecule has 2 fully saturated rings. The molecule has 33 heavy (non-hydrogen) atoms. The lowest BCUT2D eigenvalue weighted by Crippen LogP contribution is -2.41. The second-order valence-electron chi connectivity index (χ2n) is 9.68. The van der Waals surface area contributed by atoms with Gasteiger partial charge in [-0.1, -0.05) is 6.07 Å². The van der Waals surface area contributed by atoms with Gasteiger partial charge < -0.3 is 14.5 Å². The summed E-state index contributed by atoms with van der Waals surface area (Å²) >= 11 is 0. The number of carbonyl (C=O) groups excluding carboxylic acids is 1. The minimum absolute atomic E-state index is 0.0923. The fraction of sp³-hybridized carbons (Fsp3) is 0.560. The number of alkyl halides is 1. The zero-order chi connectivity index (χ0) is 23.4. The lowest BCUT2D eigenvalue weighted by molar-refractivity contribution is 0.0788. The first-order valence-corrected chi connectivity index (χ1v) is 11.7. The van der Waals surface area contributed by atoms with Gasteiger partial charge in [-0.2, -0.15) is 0 Å². The SMILES string of the molecule is CC(C)(F)CN1CCC(COc2cnc(-c3ccc(C(=O)N4CCCC4)c(F)c3)cn2)CC1. The van der Waals surface area contributed by atoms with E-state index in [1.807, 2.05) is 0 Å². The molecule has 1 aromatic carbocycles. The molecule has 0 spiro atoms. The van der Waals surface area contributed by atoms with E-state index in [4.69, 9.17) is 4.74 Å². The Kier molecular flexibility index (Phi) is 7.22. The predicted molar refractivity (Wildman–Crippen MR) is 122 cm³/mol. The molecule has 3 heterocycles. The predicted octanol–water partition coefficient (Wildman–Crippen LogP) is 4.36. The lowest BCUT2D eigenvalue weighted by atomic mass is 9.97. The van der Waals surface area contributed by atoms with E-state index in [0.717, 1.165) is 38.8 Å². The lowest BCUT2D eigenvalue weighted by Gasteiger charge is -2.34. The monoisotopic (exact) mass is 458 g/mol. The molecule has 0 atom stereocenters. The number of aromatic nitrogens is 2. The van der Waals surface area contributed by atoms with Crippen LogP contribution in [0.4, 0.5) is 8.78 Å². The number of nitrogens with zero attached hydrogens (tertiary/aromatic N) is 4. The van der Waals surface area contributed by atoms with Crippen molar-refractivity contribution in [2.75, 3.05) is 39.3 Å². The number of halogens is 2. The molecular weight excluding hydrogens is 426 g/mol. The number of likely N-dealkylation sites (tertiary alicyclic amines) is 2. The molecule has 6 nitrogen and oxygen atoms in total. The highest BCUT2D eigenvalue weighted by molar-refractivity contribution is 5.95. The van der Waals surface area contributed by atoms with Crippen LogP contribution in [0.25, 0.3) is 11.3 Å². The summed E-state index contributed by atoms with van der Waals surface area (Å²) in [7, 11) is 0. The number of piperidine rings is 1. The van der Waals surface area contributed by atoms with Crippen molar-refractivity contribution in [1.82, 2.24) is 19.8 Å². The Balaban J connectivity index is 1.30. The van der Waals surface area contributed by atoms with E-state index >= 15 is 0 Å². The third-order valence-corrected chi connectivity index (χ3v) is 6.29. The third-order valence-electron chi connectivity index (χ3n) is 6.29. The van der Waals surface area contributed by atoms with E-state index < -0.39 is 11.5 Å². The summed E-state index contributed by atoms with van der Waals surface area (Å²) in [5.41, 5.74) is -0.00113. The average Bonchev–Trinajstić information content (AvgIpc) is 3.32. The summed E-state index contributed by atoms with van der Waals surface area (Å²) < 4.78 is 34.2. The van der Waals surface area contributed by atoms with Gasteiger partial charge in [-0.3, -0.25) is 4.79 Å². The quantitative estimate of drug-likeness (QED) is 0.617. The Labute approximate surface area is 194 Å². The first kappa shape index (κ1) is 23.5. The maximum atomic E-state index is 14.6. The van der Waals surface area contributed by atoms with Crippen LogP contribution in [-0.4, -0.2) is 70.7 Å². The van der Waals surface area contributed by atoms with Gasteiger partial charge in [-0.05, 0) is 70.7 Å². The Morgan fingerprint density at radius 3 is 2.45 bits per heavy atom. The number of hydrogen-bond acceptors (Lipinski definition) is 5. The summed E-state index contributed by atoms with van der Waals surface area (Å²) in [5, 5.41) is 0. The fourth-order valence-electron chi connectivity index (χ4n) is 4.52. The number of ether oxygens (including phenoxy) is 1. The van der Waals surface area contributed by atoms with E-state index in [1.54, 1.807) is 31.0 Å². The topological polar surface area (TPSA) is 58.6 Å². The molecule has 0 N–H and O–H groups in total. The molecule has 4 rings (SSSR count). The zero-order valence-corrected chi connectivity index (χ0v) is 19.4. The first-order chi connectivity index (χ1) is 15.8. The van der Waals surface area contributed by atoms with Gasteiger partial charge in [-0.25, -0.2) is 18.7 Å². The van der Waals surface area contributed by atoms with Gasteiger partial charge >= 0.3 is 0 Å². The van der Waals surface area contributed by atoms with Crippen LogP contribution in [0.3, 0.4) is 0 Å². The number of amides is 1. The molecule has 2 saturated heterocycles. The number of carbonyl (C=O) groups is 1. The van der Waals surface area contributed by atoms with E-state index in [9.17, 15) is 13.6 Å². The van der Waals surface area contributed by atoms with Gasteiger partial charge in [0.2, 0.25) is 5.88 Å². The van der Waals surface area contributed by atoms with Crippen LogP contribution in [0.1, 0.15) is 49.9 Å². The highest BCUT2D eigenvalue weighted by atomic mass is 19.1. The summed E-state index contributed by atoms with van der Waals surface area (Å²) in [4.78, 5) is 25.0. The average molecular weight is 459 g/mol. The van der Waals surface area contributed by atoms with Crippen LogP contribution in [0.15, 0.2) is 30.6 Å². The second kappa shape index (κ2) is 10.1. The summed E-state index contributed by atoms with van der Waals surface area (Å²) in [6.45, 7) is 7.33. The molecule has 8 heteroatoms. The highest BCUT2D eigenvalue weighted by Gasteiger charge is 2.26. The molecule has 2 aliphatic rings. The largest absolute Gasteiger partial charge is 0.476 e. The Morgan fingerprint density at radius 2 is 1.85 bits per heavy atom. The summed E-state index contributed by atoms with van der Waals surface area (Å²) in [6.07, 6.45) is 6.94. The van der Waals surface area contributed by atoms with Gasteiger partial charge in [0.15, 0.2) is 0 Å². The molecule has 1 aromatic heterocycles. The molecule has 0 bridgehead atoms. The summed E-state index contributed by atoms with van der Waals surface area (Å²) in [6, 6.07) is 4.55. The van der Waals surface area contributed by atoms with E-state index in [0.29, 0.717) is 49.3 Å². The maximum absolute atomic E-state index is 14.6. The van der Waals surface area contributed by atoms with Crippen molar-refractivity contribution >= 4 is 5.91 Å². The molecule has 1 amide bonds. The minimum atomic E-state index is -1.17. The van der Waals surface area contributed by atoms with E-state index in [1.165, 1.54) is 18.3 Å². The standard InChI is InChI=1S/C25H32F2N4O2/c1-25(2,27)17-30-11-7-18(8-12-30)16-33-23-15-28-22(14-29-23)19-5-6-20(21(26)13-19)24(32)31-9-3-4-10-31/h5-6,13-15,18H,3-4,7-12,16-17H2,1-2H3. The second-order valence-corrected chi connectivity index (χ2v) is 9.68. The van der Waals surface area contributed by atoms with Gasteiger partial charge in [-0.15, -0.1) is 0 Å². The van der Waals surface area contributed by atoms with Crippen molar-refractivity contribution in [2.24, 2.45) is 5.92 Å². The smallest absolute Gasteiger partial charge is 0.256 e. The molecule has 0 saturated carbocycles. The molecular formula is C25H32F2N4O2. The number of rotatable bonds is 7. The molecule has 2 aromatic rings. The molecule has 0 unspecified atom stereocenters. The molecule has 2 aliphatic heterocycles. The van der Waals surface area contributed by atoms with Crippen molar-refractivity contribution < 1.29 is 18.3 Å². The van der Waals surface area contributed by atoms with Gasteiger partial charge in [0, 0.05) is 25.2 Å². The van der Waals surface area contributed by atoms with Crippen LogP contribution >= 0.6 is 0 Å². The third kappa shape index (κ3) is 6.25. The van der Waals surface area contributed by atoms with Crippen molar-refractivity contribution in [1.29, 1.82) is 0 Å². The normalized spacial score (nSPS) is 18.0. The first-order valence-electron chi connectivity index (χ1n) is 11.7. The van der Waals surface area contributed by atoms with Crippen molar-refractivity contribution in [2.45, 2.75) is 45.2 Å². The van der Waals surface area contributed by atoms with Crippen LogP contribution in [0.2, 0.25) is 0 Å². The Hall–Kier alpha value is -2.61. The van der Waals surface area contributed by atoms with Crippen LogP contribution in [-0.2, 0) is 0 Å². The van der Waals surface area contributed by atoms with Crippen molar-refractivity contribution in [3.63, 3.8) is 0 Å². The highest BCUT2D eigenvalue weighted by Crippen LogP contribution is 2.24. The molecule has 178 valence electrons. The van der Waals surface area contributed by atoms with Crippen LogP contribution in [0, 0.1) is 11.7 Å². The van der Waals surface area contributed by atoms with Crippen LogP contribution in [0.5, 0.6) is 5.88 Å². The minimum Gasteiger partial charge on any atom is -0.476 e. The van der Waals surface area contributed by atoms with Gasteiger partial charge in [0.25, 0.3) is 5.91 Å². The number of benzene rings is 1. The Bertz CT molecular complexity index is 948. The summed E-state index contributed by atoms with van der Waals surface area (Å²) in [5.74, 6) is 0.0206. The Morgan fingerprint density at radius 1 is 1.12 bits per heavy atom. The number of hydrogen-bond donors (Lipinski definition) is 0. The van der Waals surface area contributed by atoms with Crippen molar-refractivity contribution in [3.8, 4) is 17.1 Å². The zero-order valence-electron chi connectivity index (χ0n) is 19.4. The fourth-order valence-corrected chi connectivity index (χ4v) is 4.52. The van der Waals surface area contributed by atoms with Gasteiger partial charge in [0.05, 0.1) is 30.3 Å². The van der Waals surface area contributed by atoms with Crippen molar-refractivity contribution in [3.05, 3.63) is 42.0 Å². The maximum Gasteiger partial charge on any atom is 0.256 e. The van der Waals surface area contributed by atoms with Gasteiger partial charge in [0.1, 0.15) is 11.5 Å². The van der Waals surface area contributed by atoms with E-state index in [2.05, 4.69) is 14.9 Å². The molecule has 0 radical (unpaired) electrons. The van der Waals surface area contributed by atoms with Crippen LogP contribution < -0.4 is 4.74 Å². The van der Waals surface area contributed by atoms with E-state index in [-0.39, 0.29) is 11.5 Å². The molecule has 0 aliphatic carbocycles.